The molecule has 3 rings (SSSR count). The topological polar surface area (TPSA) is 71.4 Å². The van der Waals surface area contributed by atoms with Gasteiger partial charge in [-0.2, -0.15) is 5.26 Å². The SMILES string of the molecule is CC(C)(C)c1cc(CC(C#N)NC(=O)OCc2ccccc2)ccc1OCc1ccccc1. The zero-order valence-electron chi connectivity index (χ0n) is 19.4. The van der Waals surface area contributed by atoms with Gasteiger partial charge in [-0.15, -0.1) is 0 Å². The Balaban J connectivity index is 1.64. The van der Waals surface area contributed by atoms with Gasteiger partial charge in [0.2, 0.25) is 0 Å². The number of benzene rings is 3. The minimum atomic E-state index is -0.697. The Kier molecular flexibility index (Phi) is 8.10. The number of carbonyl (C=O) groups is 1. The Labute approximate surface area is 196 Å². The van der Waals surface area contributed by atoms with E-state index in [9.17, 15) is 10.1 Å². The standard InChI is InChI=1S/C28H30N2O3/c1-28(2,3)25-17-23(14-15-26(25)32-19-21-10-6-4-7-11-21)16-24(18-29)30-27(31)33-20-22-12-8-5-9-13-22/h4-15,17,24H,16,19-20H2,1-3H3,(H,30,31). The molecule has 0 aliphatic heterocycles. The van der Waals surface area contributed by atoms with Crippen molar-refractivity contribution < 1.29 is 14.3 Å². The van der Waals surface area contributed by atoms with Crippen molar-refractivity contribution in [2.45, 2.75) is 51.9 Å². The Morgan fingerprint density at radius 3 is 2.09 bits per heavy atom. The monoisotopic (exact) mass is 442 g/mol. The van der Waals surface area contributed by atoms with Crippen molar-refractivity contribution in [1.82, 2.24) is 5.32 Å². The molecule has 3 aromatic rings. The number of ether oxygens (including phenoxy) is 2. The molecule has 0 aromatic heterocycles. The molecular formula is C28H30N2O3. The van der Waals surface area contributed by atoms with Crippen molar-refractivity contribution in [2.75, 3.05) is 0 Å². The molecule has 0 aliphatic carbocycles. The number of rotatable bonds is 8. The van der Waals surface area contributed by atoms with Gasteiger partial charge < -0.3 is 14.8 Å². The summed E-state index contributed by atoms with van der Waals surface area (Å²) in [7, 11) is 0. The third-order valence-electron chi connectivity index (χ3n) is 5.19. The van der Waals surface area contributed by atoms with Crippen molar-refractivity contribution >= 4 is 6.09 Å². The number of nitrogens with one attached hydrogen (secondary N) is 1. The summed E-state index contributed by atoms with van der Waals surface area (Å²) in [6.07, 6.45) is -0.233. The predicted octanol–water partition coefficient (Wildman–Crippen LogP) is 5.92. The summed E-state index contributed by atoms with van der Waals surface area (Å²) in [5.74, 6) is 0.818. The first-order valence-corrected chi connectivity index (χ1v) is 11.0. The van der Waals surface area contributed by atoms with Gasteiger partial charge in [0, 0.05) is 6.42 Å². The zero-order chi connectivity index (χ0) is 23.7. The number of nitrogens with zero attached hydrogens (tertiary/aromatic N) is 1. The fourth-order valence-electron chi connectivity index (χ4n) is 3.42. The van der Waals surface area contributed by atoms with Crippen molar-refractivity contribution in [3.05, 3.63) is 101 Å². The largest absolute Gasteiger partial charge is 0.489 e. The van der Waals surface area contributed by atoms with E-state index in [1.54, 1.807) is 0 Å². The van der Waals surface area contributed by atoms with Crippen molar-refractivity contribution in [2.24, 2.45) is 0 Å². The number of hydrogen-bond acceptors (Lipinski definition) is 4. The molecule has 33 heavy (non-hydrogen) atoms. The average molecular weight is 443 g/mol. The van der Waals surface area contributed by atoms with Crippen molar-refractivity contribution in [3.8, 4) is 11.8 Å². The van der Waals surface area contributed by atoms with Gasteiger partial charge in [0.25, 0.3) is 0 Å². The van der Waals surface area contributed by atoms with Crippen LogP contribution in [0, 0.1) is 11.3 Å². The Bertz CT molecular complexity index is 1080. The van der Waals surface area contributed by atoms with Crippen LogP contribution in [0.3, 0.4) is 0 Å². The van der Waals surface area contributed by atoms with E-state index in [2.05, 4.69) is 38.2 Å². The molecule has 0 bridgehead atoms. The Hall–Kier alpha value is -3.78. The lowest BCUT2D eigenvalue weighted by atomic mass is 9.84. The van der Waals surface area contributed by atoms with Gasteiger partial charge in [-0.05, 0) is 33.7 Å². The molecule has 3 aromatic carbocycles. The molecule has 1 atom stereocenters. The molecule has 0 aliphatic rings. The number of carbonyl (C=O) groups excluding carboxylic acids is 1. The van der Waals surface area contributed by atoms with Gasteiger partial charge in [0.15, 0.2) is 0 Å². The van der Waals surface area contributed by atoms with Gasteiger partial charge >= 0.3 is 6.09 Å². The van der Waals surface area contributed by atoms with Crippen LogP contribution in [0.4, 0.5) is 4.79 Å². The van der Waals surface area contributed by atoms with E-state index >= 15 is 0 Å². The molecule has 0 fully saturated rings. The van der Waals surface area contributed by atoms with E-state index in [1.807, 2.05) is 72.8 Å². The molecule has 5 heteroatoms. The highest BCUT2D eigenvalue weighted by atomic mass is 16.5. The number of amides is 1. The van der Waals surface area contributed by atoms with E-state index in [0.717, 1.165) is 28.0 Å². The van der Waals surface area contributed by atoms with Crippen molar-refractivity contribution in [1.29, 1.82) is 5.26 Å². The molecule has 1 N–H and O–H groups in total. The molecule has 0 saturated heterocycles. The average Bonchev–Trinajstić information content (AvgIpc) is 2.82. The van der Waals surface area contributed by atoms with E-state index in [-0.39, 0.29) is 12.0 Å². The Morgan fingerprint density at radius 2 is 1.52 bits per heavy atom. The fourth-order valence-corrected chi connectivity index (χ4v) is 3.42. The maximum absolute atomic E-state index is 12.2. The van der Waals surface area contributed by atoms with Gasteiger partial charge in [0.05, 0.1) is 6.07 Å². The third-order valence-corrected chi connectivity index (χ3v) is 5.19. The van der Waals surface area contributed by atoms with Crippen LogP contribution >= 0.6 is 0 Å². The highest BCUT2D eigenvalue weighted by Crippen LogP contribution is 2.33. The lowest BCUT2D eigenvalue weighted by Gasteiger charge is -2.24. The second-order valence-electron chi connectivity index (χ2n) is 8.95. The quantitative estimate of drug-likeness (QED) is 0.470. The smallest absolute Gasteiger partial charge is 0.408 e. The summed E-state index contributed by atoms with van der Waals surface area (Å²) >= 11 is 0. The van der Waals surface area contributed by atoms with Crippen LogP contribution in [-0.4, -0.2) is 12.1 Å². The summed E-state index contributed by atoms with van der Waals surface area (Å²) in [5, 5.41) is 12.2. The summed E-state index contributed by atoms with van der Waals surface area (Å²) in [6, 6.07) is 26.9. The molecule has 0 radical (unpaired) electrons. The first-order chi connectivity index (χ1) is 15.8. The van der Waals surface area contributed by atoms with Crippen LogP contribution in [0.5, 0.6) is 5.75 Å². The molecule has 170 valence electrons. The molecule has 0 saturated carbocycles. The van der Waals surface area contributed by atoms with Gasteiger partial charge in [-0.1, -0.05) is 93.6 Å². The molecule has 0 heterocycles. The maximum atomic E-state index is 12.2. The number of alkyl carbamates (subject to hydrolysis) is 1. The van der Waals surface area contributed by atoms with Crippen LogP contribution in [0.2, 0.25) is 0 Å². The third kappa shape index (κ3) is 7.40. The van der Waals surface area contributed by atoms with Crippen LogP contribution < -0.4 is 10.1 Å². The van der Waals surface area contributed by atoms with E-state index in [0.29, 0.717) is 13.0 Å². The summed E-state index contributed by atoms with van der Waals surface area (Å²) in [4.78, 5) is 12.2. The fraction of sp³-hybridized carbons (Fsp3) is 0.286. The summed E-state index contributed by atoms with van der Waals surface area (Å²) in [6.45, 7) is 7.03. The highest BCUT2D eigenvalue weighted by molar-refractivity contribution is 5.68. The van der Waals surface area contributed by atoms with Gasteiger partial charge in [-0.25, -0.2) is 4.79 Å². The van der Waals surface area contributed by atoms with Crippen LogP contribution in [0.25, 0.3) is 0 Å². The lowest BCUT2D eigenvalue weighted by molar-refractivity contribution is 0.137. The number of nitriles is 1. The summed E-state index contributed by atoms with van der Waals surface area (Å²) in [5.41, 5.74) is 3.85. The maximum Gasteiger partial charge on any atom is 0.408 e. The lowest BCUT2D eigenvalue weighted by Crippen LogP contribution is -2.35. The minimum absolute atomic E-state index is 0.147. The summed E-state index contributed by atoms with van der Waals surface area (Å²) < 4.78 is 11.4. The second-order valence-corrected chi connectivity index (χ2v) is 8.95. The van der Waals surface area contributed by atoms with Crippen LogP contribution in [-0.2, 0) is 29.8 Å². The van der Waals surface area contributed by atoms with Crippen molar-refractivity contribution in [3.63, 3.8) is 0 Å². The molecule has 5 nitrogen and oxygen atoms in total. The highest BCUT2D eigenvalue weighted by Gasteiger charge is 2.21. The first kappa shape index (κ1) is 23.9. The van der Waals surface area contributed by atoms with Gasteiger partial charge in [0.1, 0.15) is 25.0 Å². The van der Waals surface area contributed by atoms with E-state index in [1.165, 1.54) is 0 Å². The Morgan fingerprint density at radius 1 is 0.909 bits per heavy atom. The second kappa shape index (κ2) is 11.2. The van der Waals surface area contributed by atoms with Crippen LogP contribution in [0.15, 0.2) is 78.9 Å². The molecule has 1 amide bonds. The van der Waals surface area contributed by atoms with E-state index in [4.69, 9.17) is 9.47 Å². The normalized spacial score (nSPS) is 11.8. The zero-order valence-corrected chi connectivity index (χ0v) is 19.4. The predicted molar refractivity (Wildman–Crippen MR) is 129 cm³/mol. The van der Waals surface area contributed by atoms with Crippen LogP contribution in [0.1, 0.15) is 43.0 Å². The molecule has 0 spiro atoms. The van der Waals surface area contributed by atoms with E-state index < -0.39 is 12.1 Å². The minimum Gasteiger partial charge on any atom is -0.489 e. The first-order valence-electron chi connectivity index (χ1n) is 11.0. The molecular weight excluding hydrogens is 412 g/mol. The van der Waals surface area contributed by atoms with Gasteiger partial charge in [-0.3, -0.25) is 0 Å². The molecule has 1 unspecified atom stereocenters. The number of hydrogen-bond donors (Lipinski definition) is 1.